The van der Waals surface area contributed by atoms with Gasteiger partial charge in [-0.3, -0.25) is 0 Å². The Hall–Kier alpha value is -1.83. The Balaban J connectivity index is 2.06. The molecule has 0 aromatic heterocycles. The molecule has 2 rings (SSSR count). The van der Waals surface area contributed by atoms with Crippen LogP contribution < -0.4 is 0 Å². The zero-order chi connectivity index (χ0) is 13.8. The van der Waals surface area contributed by atoms with E-state index in [9.17, 15) is 4.79 Å². The summed E-state index contributed by atoms with van der Waals surface area (Å²) in [6.45, 7) is 8.07. The Morgan fingerprint density at radius 3 is 2.63 bits per heavy atom. The highest BCUT2D eigenvalue weighted by molar-refractivity contribution is 5.89. The number of allylic oxidation sites excluding steroid dienone is 2. The average Bonchev–Trinajstić information content (AvgIpc) is 2.42. The minimum atomic E-state index is -0.249. The van der Waals surface area contributed by atoms with Crippen LogP contribution in [0, 0.1) is 5.92 Å². The van der Waals surface area contributed by atoms with Crippen molar-refractivity contribution in [3.05, 3.63) is 59.7 Å². The predicted molar refractivity (Wildman–Crippen MR) is 76.9 cm³/mol. The fourth-order valence-corrected chi connectivity index (χ4v) is 2.32. The van der Waals surface area contributed by atoms with Gasteiger partial charge in [0.2, 0.25) is 0 Å². The summed E-state index contributed by atoms with van der Waals surface area (Å²) in [4.78, 5) is 12.1. The van der Waals surface area contributed by atoms with Gasteiger partial charge in [0, 0.05) is 0 Å². The van der Waals surface area contributed by atoms with Crippen molar-refractivity contribution in [2.45, 2.75) is 32.8 Å². The van der Waals surface area contributed by atoms with Crippen LogP contribution in [0.4, 0.5) is 0 Å². The molecule has 100 valence electrons. The van der Waals surface area contributed by atoms with E-state index >= 15 is 0 Å². The van der Waals surface area contributed by atoms with Gasteiger partial charge in [-0.05, 0) is 50.3 Å². The molecule has 2 nitrogen and oxygen atoms in total. The Bertz CT molecular complexity index is 499. The lowest BCUT2D eigenvalue weighted by Gasteiger charge is -2.28. The predicted octanol–water partition coefficient (Wildman–Crippen LogP) is 4.14. The van der Waals surface area contributed by atoms with Crippen molar-refractivity contribution >= 4 is 5.97 Å². The summed E-state index contributed by atoms with van der Waals surface area (Å²) < 4.78 is 5.62. The molecule has 0 heterocycles. The lowest BCUT2D eigenvalue weighted by atomic mass is 9.84. The van der Waals surface area contributed by atoms with Crippen molar-refractivity contribution in [1.29, 1.82) is 0 Å². The molecule has 2 unspecified atom stereocenters. The second-order valence-electron chi connectivity index (χ2n) is 5.22. The first-order chi connectivity index (χ1) is 9.08. The Labute approximate surface area is 114 Å². The molecular formula is C17H20O2. The molecule has 1 aliphatic carbocycles. The van der Waals surface area contributed by atoms with Gasteiger partial charge in [-0.25, -0.2) is 4.79 Å². The van der Waals surface area contributed by atoms with Crippen LogP contribution in [-0.2, 0) is 4.74 Å². The SMILES string of the molecule is C=C(C)C1CC=C(C)C(OC(=O)c2ccccc2)C1. The number of benzene rings is 1. The van der Waals surface area contributed by atoms with Crippen LogP contribution in [0.1, 0.15) is 37.0 Å². The molecular weight excluding hydrogens is 236 g/mol. The molecule has 0 aliphatic heterocycles. The van der Waals surface area contributed by atoms with Crippen molar-refractivity contribution < 1.29 is 9.53 Å². The Morgan fingerprint density at radius 2 is 2.00 bits per heavy atom. The minimum absolute atomic E-state index is 0.122. The van der Waals surface area contributed by atoms with Gasteiger partial charge >= 0.3 is 5.97 Å². The van der Waals surface area contributed by atoms with Crippen molar-refractivity contribution in [3.8, 4) is 0 Å². The van der Waals surface area contributed by atoms with Crippen LogP contribution in [0.2, 0.25) is 0 Å². The van der Waals surface area contributed by atoms with Gasteiger partial charge in [0.05, 0.1) is 5.56 Å². The zero-order valence-corrected chi connectivity index (χ0v) is 11.6. The standard InChI is InChI=1S/C17H20O2/c1-12(2)15-10-9-13(3)16(11-15)19-17(18)14-7-5-4-6-8-14/h4-9,15-16H,1,10-11H2,2-3H3. The monoisotopic (exact) mass is 256 g/mol. The number of rotatable bonds is 3. The quantitative estimate of drug-likeness (QED) is 0.600. The summed E-state index contributed by atoms with van der Waals surface area (Å²) >= 11 is 0. The van der Waals surface area contributed by atoms with Crippen LogP contribution >= 0.6 is 0 Å². The number of hydrogen-bond donors (Lipinski definition) is 0. The normalized spacial score (nSPS) is 22.5. The molecule has 0 bridgehead atoms. The van der Waals surface area contributed by atoms with Crippen molar-refractivity contribution in [2.75, 3.05) is 0 Å². The maximum Gasteiger partial charge on any atom is 0.338 e. The maximum absolute atomic E-state index is 12.1. The Kier molecular flexibility index (Phi) is 4.20. The molecule has 0 fully saturated rings. The van der Waals surface area contributed by atoms with Crippen molar-refractivity contribution in [3.63, 3.8) is 0 Å². The third-order valence-electron chi connectivity index (χ3n) is 3.69. The molecule has 0 amide bonds. The second-order valence-corrected chi connectivity index (χ2v) is 5.22. The molecule has 0 saturated carbocycles. The highest BCUT2D eigenvalue weighted by atomic mass is 16.5. The summed E-state index contributed by atoms with van der Waals surface area (Å²) in [5.74, 6) is 0.165. The van der Waals surface area contributed by atoms with E-state index < -0.39 is 0 Å². The number of esters is 1. The van der Waals surface area contributed by atoms with Crippen LogP contribution in [0.15, 0.2) is 54.1 Å². The zero-order valence-electron chi connectivity index (χ0n) is 11.6. The molecule has 0 N–H and O–H groups in total. The van der Waals surface area contributed by atoms with E-state index in [0.29, 0.717) is 11.5 Å². The van der Waals surface area contributed by atoms with E-state index in [0.717, 1.165) is 24.0 Å². The van der Waals surface area contributed by atoms with Crippen molar-refractivity contribution in [2.24, 2.45) is 5.92 Å². The van der Waals surface area contributed by atoms with E-state index in [-0.39, 0.29) is 12.1 Å². The summed E-state index contributed by atoms with van der Waals surface area (Å²) in [5.41, 5.74) is 2.90. The summed E-state index contributed by atoms with van der Waals surface area (Å²) in [6, 6.07) is 9.13. The first kappa shape index (κ1) is 13.6. The van der Waals surface area contributed by atoms with Gasteiger partial charge in [-0.1, -0.05) is 36.4 Å². The smallest absolute Gasteiger partial charge is 0.338 e. The fraction of sp³-hybridized carbons (Fsp3) is 0.353. The third kappa shape index (κ3) is 3.34. The summed E-state index contributed by atoms with van der Waals surface area (Å²) in [7, 11) is 0. The van der Waals surface area contributed by atoms with Gasteiger partial charge in [-0.15, -0.1) is 0 Å². The van der Waals surface area contributed by atoms with Crippen LogP contribution in [-0.4, -0.2) is 12.1 Å². The van der Waals surface area contributed by atoms with E-state index in [1.165, 1.54) is 0 Å². The van der Waals surface area contributed by atoms with Crippen LogP contribution in [0.5, 0.6) is 0 Å². The summed E-state index contributed by atoms with van der Waals surface area (Å²) in [5, 5.41) is 0. The number of carbonyl (C=O) groups is 1. The highest BCUT2D eigenvalue weighted by Crippen LogP contribution is 2.30. The van der Waals surface area contributed by atoms with Gasteiger partial charge in [0.25, 0.3) is 0 Å². The molecule has 19 heavy (non-hydrogen) atoms. The minimum Gasteiger partial charge on any atom is -0.454 e. The maximum atomic E-state index is 12.1. The van der Waals surface area contributed by atoms with E-state index in [2.05, 4.69) is 12.7 Å². The lowest BCUT2D eigenvalue weighted by molar-refractivity contribution is 0.0323. The molecule has 0 radical (unpaired) electrons. The van der Waals surface area contributed by atoms with E-state index in [1.807, 2.05) is 32.0 Å². The lowest BCUT2D eigenvalue weighted by Crippen LogP contribution is -2.26. The summed E-state index contributed by atoms with van der Waals surface area (Å²) in [6.07, 6.45) is 3.88. The topological polar surface area (TPSA) is 26.3 Å². The largest absolute Gasteiger partial charge is 0.454 e. The molecule has 2 atom stereocenters. The van der Waals surface area contributed by atoms with Gasteiger partial charge in [-0.2, -0.15) is 0 Å². The van der Waals surface area contributed by atoms with Crippen LogP contribution in [0.3, 0.4) is 0 Å². The fourth-order valence-electron chi connectivity index (χ4n) is 2.32. The second kappa shape index (κ2) is 5.87. The van der Waals surface area contributed by atoms with Crippen molar-refractivity contribution in [1.82, 2.24) is 0 Å². The van der Waals surface area contributed by atoms with E-state index in [4.69, 9.17) is 4.74 Å². The number of ether oxygens (including phenoxy) is 1. The molecule has 0 spiro atoms. The highest BCUT2D eigenvalue weighted by Gasteiger charge is 2.25. The van der Waals surface area contributed by atoms with E-state index in [1.54, 1.807) is 12.1 Å². The molecule has 1 aliphatic rings. The van der Waals surface area contributed by atoms with Gasteiger partial charge < -0.3 is 4.74 Å². The molecule has 0 saturated heterocycles. The first-order valence-corrected chi connectivity index (χ1v) is 6.66. The van der Waals surface area contributed by atoms with Crippen LogP contribution in [0.25, 0.3) is 0 Å². The third-order valence-corrected chi connectivity index (χ3v) is 3.69. The number of hydrogen-bond acceptors (Lipinski definition) is 2. The Morgan fingerprint density at radius 1 is 1.32 bits per heavy atom. The van der Waals surface area contributed by atoms with Gasteiger partial charge in [0.1, 0.15) is 6.10 Å². The van der Waals surface area contributed by atoms with Gasteiger partial charge in [0.15, 0.2) is 0 Å². The molecule has 1 aromatic carbocycles. The molecule has 2 heteroatoms. The average molecular weight is 256 g/mol. The first-order valence-electron chi connectivity index (χ1n) is 6.66. The molecule has 1 aromatic rings. The number of carbonyl (C=O) groups excluding carboxylic acids is 1.